The van der Waals surface area contributed by atoms with Crippen LogP contribution in [0.1, 0.15) is 5.56 Å². The van der Waals surface area contributed by atoms with Crippen LogP contribution >= 0.6 is 23.4 Å². The molecule has 3 aromatic rings. The molecule has 3 rings (SSSR count). The van der Waals surface area contributed by atoms with Gasteiger partial charge < -0.3 is 18.8 Å². The van der Waals surface area contributed by atoms with E-state index in [0.29, 0.717) is 62.9 Å². The van der Waals surface area contributed by atoms with Gasteiger partial charge in [0, 0.05) is 32.5 Å². The Kier molecular flexibility index (Phi) is 7.72. The van der Waals surface area contributed by atoms with Crippen molar-refractivity contribution in [3.05, 3.63) is 28.9 Å². The smallest absolute Gasteiger partial charge is 0.189 e. The first-order chi connectivity index (χ1) is 15.2. The molecule has 0 amide bonds. The molecule has 0 atom stereocenters. The molecule has 2 heterocycles. The maximum Gasteiger partial charge on any atom is 0.189 e. The molecule has 2 aromatic heterocycles. The molecule has 0 aliphatic rings. The SMILES string of the molecule is COc1cc(Cl)c(-c2nc(SC)nc3c2c(C#N)cn3COCC[Si](C)(C)C)cc1OC. The van der Waals surface area contributed by atoms with Gasteiger partial charge in [0.05, 0.1) is 35.9 Å². The van der Waals surface area contributed by atoms with Gasteiger partial charge in [-0.15, -0.1) is 0 Å². The highest BCUT2D eigenvalue weighted by Crippen LogP contribution is 2.41. The van der Waals surface area contributed by atoms with E-state index in [1.165, 1.54) is 11.8 Å². The summed E-state index contributed by atoms with van der Waals surface area (Å²) in [6.45, 7) is 7.92. The highest BCUT2D eigenvalue weighted by Gasteiger charge is 2.22. The van der Waals surface area contributed by atoms with Crippen molar-refractivity contribution in [1.29, 1.82) is 5.26 Å². The first-order valence-corrected chi connectivity index (χ1v) is 15.4. The maximum absolute atomic E-state index is 9.84. The molecular weight excluding hydrogens is 464 g/mol. The lowest BCUT2D eigenvalue weighted by Gasteiger charge is -2.16. The Morgan fingerprint density at radius 2 is 1.84 bits per heavy atom. The van der Waals surface area contributed by atoms with Gasteiger partial charge >= 0.3 is 0 Å². The van der Waals surface area contributed by atoms with Gasteiger partial charge in [-0.25, -0.2) is 9.97 Å². The Hall–Kier alpha value is -2.25. The van der Waals surface area contributed by atoms with Crippen LogP contribution in [0.4, 0.5) is 0 Å². The Labute approximate surface area is 198 Å². The van der Waals surface area contributed by atoms with E-state index >= 15 is 0 Å². The topological polar surface area (TPSA) is 82.2 Å². The Morgan fingerprint density at radius 1 is 1.16 bits per heavy atom. The normalized spacial score (nSPS) is 11.6. The van der Waals surface area contributed by atoms with Crippen molar-refractivity contribution in [1.82, 2.24) is 14.5 Å². The number of methoxy groups -OCH3 is 2. The Bertz CT molecular complexity index is 1170. The quantitative estimate of drug-likeness (QED) is 0.165. The zero-order valence-electron chi connectivity index (χ0n) is 19.2. The van der Waals surface area contributed by atoms with E-state index in [4.69, 9.17) is 30.8 Å². The largest absolute Gasteiger partial charge is 0.493 e. The second kappa shape index (κ2) is 10.1. The lowest BCUT2D eigenvalue weighted by molar-refractivity contribution is 0.0898. The van der Waals surface area contributed by atoms with Crippen molar-refractivity contribution >= 4 is 42.5 Å². The summed E-state index contributed by atoms with van der Waals surface area (Å²) in [5, 5.41) is 11.5. The van der Waals surface area contributed by atoms with E-state index in [0.717, 1.165) is 6.04 Å². The third-order valence-electron chi connectivity index (χ3n) is 4.95. The number of nitriles is 1. The summed E-state index contributed by atoms with van der Waals surface area (Å²) in [5.74, 6) is 1.04. The standard InChI is InChI=1S/C22H27ClN4O3SSi/c1-28-17-9-15(16(23)10-18(17)29-2)20-19-14(11-24)12-27(13-30-7-8-32(4,5)6)21(19)26-22(25-20)31-3/h9-10,12H,7-8,13H2,1-6H3. The van der Waals surface area contributed by atoms with Crippen LogP contribution in [-0.4, -0.2) is 49.7 Å². The monoisotopic (exact) mass is 490 g/mol. The van der Waals surface area contributed by atoms with Crippen molar-refractivity contribution in [2.75, 3.05) is 27.1 Å². The number of halogens is 1. The number of aromatic nitrogens is 3. The number of thioether (sulfide) groups is 1. The first kappa shape index (κ1) is 24.4. The fourth-order valence-electron chi connectivity index (χ4n) is 3.21. The van der Waals surface area contributed by atoms with Crippen LogP contribution in [0.15, 0.2) is 23.5 Å². The van der Waals surface area contributed by atoms with Crippen LogP contribution < -0.4 is 9.47 Å². The first-order valence-electron chi connectivity index (χ1n) is 10.1. The fraction of sp³-hybridized carbons (Fsp3) is 0.409. The van der Waals surface area contributed by atoms with Crippen LogP contribution in [0.5, 0.6) is 11.5 Å². The molecular formula is C22H27ClN4O3SSi. The molecule has 0 saturated heterocycles. The predicted octanol–water partition coefficient (Wildman–Crippen LogP) is 5.67. The number of nitrogens with zero attached hydrogens (tertiary/aromatic N) is 4. The molecule has 0 radical (unpaired) electrons. The second-order valence-corrected chi connectivity index (χ2v) is 15.2. The van der Waals surface area contributed by atoms with E-state index in [-0.39, 0.29) is 0 Å². The molecule has 0 fully saturated rings. The average molecular weight is 491 g/mol. The molecule has 1 aromatic carbocycles. The van der Waals surface area contributed by atoms with Crippen LogP contribution in [0.3, 0.4) is 0 Å². The Balaban J connectivity index is 2.14. The number of rotatable bonds is 9. The lowest BCUT2D eigenvalue weighted by atomic mass is 10.1. The van der Waals surface area contributed by atoms with Crippen molar-refractivity contribution < 1.29 is 14.2 Å². The molecule has 0 bridgehead atoms. The highest BCUT2D eigenvalue weighted by atomic mass is 35.5. The van der Waals surface area contributed by atoms with Gasteiger partial charge in [0.1, 0.15) is 18.4 Å². The molecule has 0 aliphatic heterocycles. The summed E-state index contributed by atoms with van der Waals surface area (Å²) >= 11 is 8.02. The molecule has 7 nitrogen and oxygen atoms in total. The van der Waals surface area contributed by atoms with Crippen LogP contribution in [-0.2, 0) is 11.5 Å². The molecule has 0 spiro atoms. The number of hydrogen-bond acceptors (Lipinski definition) is 7. The van der Waals surface area contributed by atoms with E-state index in [1.54, 1.807) is 32.5 Å². The maximum atomic E-state index is 9.84. The second-order valence-electron chi connectivity index (χ2n) is 8.42. The van der Waals surface area contributed by atoms with Crippen molar-refractivity contribution in [2.45, 2.75) is 37.6 Å². The summed E-state index contributed by atoms with van der Waals surface area (Å²) in [7, 11) is 1.92. The lowest BCUT2D eigenvalue weighted by Crippen LogP contribution is -2.22. The summed E-state index contributed by atoms with van der Waals surface area (Å²) in [5.41, 5.74) is 2.31. The van der Waals surface area contributed by atoms with Gasteiger partial charge in [0.2, 0.25) is 0 Å². The Morgan fingerprint density at radius 3 is 2.44 bits per heavy atom. The molecule has 0 saturated carbocycles. The average Bonchev–Trinajstić information content (AvgIpc) is 3.12. The number of ether oxygens (including phenoxy) is 3. The van der Waals surface area contributed by atoms with E-state index < -0.39 is 8.07 Å². The molecule has 0 N–H and O–H groups in total. The van der Waals surface area contributed by atoms with E-state index in [9.17, 15) is 5.26 Å². The number of hydrogen-bond donors (Lipinski definition) is 0. The van der Waals surface area contributed by atoms with Gasteiger partial charge in [-0.2, -0.15) is 5.26 Å². The highest BCUT2D eigenvalue weighted by molar-refractivity contribution is 7.98. The van der Waals surface area contributed by atoms with Gasteiger partial charge in [-0.05, 0) is 18.4 Å². The summed E-state index contributed by atoms with van der Waals surface area (Å²) in [6, 6.07) is 6.79. The van der Waals surface area contributed by atoms with Crippen molar-refractivity contribution in [2.24, 2.45) is 0 Å². The molecule has 0 unspecified atom stereocenters. The number of benzene rings is 1. The van der Waals surface area contributed by atoms with E-state index in [1.807, 2.05) is 10.8 Å². The van der Waals surface area contributed by atoms with Gasteiger partial charge in [0.25, 0.3) is 0 Å². The molecule has 10 heteroatoms. The summed E-state index contributed by atoms with van der Waals surface area (Å²) in [4.78, 5) is 9.38. The minimum Gasteiger partial charge on any atom is -0.493 e. The minimum absolute atomic E-state index is 0.312. The zero-order valence-corrected chi connectivity index (χ0v) is 21.7. The van der Waals surface area contributed by atoms with Gasteiger partial charge in [-0.1, -0.05) is 43.0 Å². The molecule has 0 aliphatic carbocycles. The molecule has 32 heavy (non-hydrogen) atoms. The summed E-state index contributed by atoms with van der Waals surface area (Å²) < 4.78 is 18.6. The predicted molar refractivity (Wildman–Crippen MR) is 132 cm³/mol. The third kappa shape index (κ3) is 5.21. The van der Waals surface area contributed by atoms with Crippen molar-refractivity contribution in [3.8, 4) is 28.8 Å². The minimum atomic E-state index is -1.19. The summed E-state index contributed by atoms with van der Waals surface area (Å²) in [6.07, 6.45) is 3.67. The van der Waals surface area contributed by atoms with E-state index in [2.05, 4.69) is 30.7 Å². The van der Waals surface area contributed by atoms with Crippen LogP contribution in [0.2, 0.25) is 30.7 Å². The van der Waals surface area contributed by atoms with Crippen LogP contribution in [0, 0.1) is 11.3 Å². The number of fused-ring (bicyclic) bond motifs is 1. The zero-order chi connectivity index (χ0) is 23.5. The molecule has 170 valence electrons. The fourth-order valence-corrected chi connectivity index (χ4v) is 4.57. The van der Waals surface area contributed by atoms with Gasteiger partial charge in [0.15, 0.2) is 16.7 Å². The van der Waals surface area contributed by atoms with Crippen molar-refractivity contribution in [3.63, 3.8) is 0 Å². The van der Waals surface area contributed by atoms with Gasteiger partial charge in [-0.3, -0.25) is 0 Å². The van der Waals surface area contributed by atoms with Crippen LogP contribution in [0.25, 0.3) is 22.3 Å². The third-order valence-corrected chi connectivity index (χ3v) is 7.52.